The van der Waals surface area contributed by atoms with E-state index >= 15 is 0 Å². The first-order valence-electron chi connectivity index (χ1n) is 6.23. The van der Waals surface area contributed by atoms with Crippen molar-refractivity contribution in [1.82, 2.24) is 15.2 Å². The Labute approximate surface area is 134 Å². The lowest BCUT2D eigenvalue weighted by molar-refractivity contribution is 1.06. The van der Waals surface area contributed by atoms with Gasteiger partial charge >= 0.3 is 0 Å². The molecule has 1 aromatic carbocycles. The van der Waals surface area contributed by atoms with Gasteiger partial charge < -0.3 is 0 Å². The fourth-order valence-electron chi connectivity index (χ4n) is 1.83. The van der Waals surface area contributed by atoms with Gasteiger partial charge in [-0.1, -0.05) is 23.2 Å². The number of aromatic amines is 2. The maximum absolute atomic E-state index is 11.9. The fraction of sp³-hybridized carbons (Fsp3) is 0. The van der Waals surface area contributed by atoms with E-state index in [9.17, 15) is 4.79 Å². The molecule has 2 N–H and O–H groups in total. The van der Waals surface area contributed by atoms with Gasteiger partial charge in [0.25, 0.3) is 5.56 Å². The number of benzene rings is 1. The molecule has 0 saturated heterocycles. The van der Waals surface area contributed by atoms with E-state index in [1.807, 2.05) is 0 Å². The van der Waals surface area contributed by atoms with Gasteiger partial charge in [-0.15, -0.1) is 10.2 Å². The van der Waals surface area contributed by atoms with E-state index in [0.29, 0.717) is 21.4 Å². The number of nitrogens with zero attached hydrogens (tertiary/aromatic N) is 3. The highest BCUT2D eigenvalue weighted by Crippen LogP contribution is 2.30. The summed E-state index contributed by atoms with van der Waals surface area (Å²) >= 11 is 11.8. The van der Waals surface area contributed by atoms with Crippen LogP contribution < -0.4 is 5.56 Å². The molecule has 2 aromatic heterocycles. The van der Waals surface area contributed by atoms with Crippen molar-refractivity contribution in [3.63, 3.8) is 0 Å². The number of halogens is 2. The Morgan fingerprint density at radius 2 is 1.95 bits per heavy atom. The van der Waals surface area contributed by atoms with Crippen molar-refractivity contribution in [3.05, 3.63) is 63.1 Å². The average molecular weight is 334 g/mol. The molecule has 22 heavy (non-hydrogen) atoms. The number of hydrogen-bond donors (Lipinski definition) is 2. The summed E-state index contributed by atoms with van der Waals surface area (Å²) < 4.78 is 0. The van der Waals surface area contributed by atoms with Crippen molar-refractivity contribution in [2.45, 2.75) is 0 Å². The number of aromatic nitrogens is 3. The largest absolute Gasteiger partial charge is 0.295 e. The molecule has 0 unspecified atom stereocenters. The van der Waals surface area contributed by atoms with Crippen molar-refractivity contribution >= 4 is 34.6 Å². The normalized spacial score (nSPS) is 11.2. The lowest BCUT2D eigenvalue weighted by Crippen LogP contribution is -1.96. The van der Waals surface area contributed by atoms with Crippen LogP contribution in [0.2, 0.25) is 10.0 Å². The molecule has 0 atom stereocenters. The van der Waals surface area contributed by atoms with Gasteiger partial charge in [0.15, 0.2) is 5.69 Å². The Bertz CT molecular complexity index is 886. The third-order valence-corrected chi connectivity index (χ3v) is 3.41. The molecule has 0 fully saturated rings. The minimum atomic E-state index is -0.382. The minimum absolute atomic E-state index is 0.152. The Kier molecular flexibility index (Phi) is 4.04. The van der Waals surface area contributed by atoms with Gasteiger partial charge in [0.05, 0.1) is 10.7 Å². The Balaban J connectivity index is 2.01. The highest BCUT2D eigenvalue weighted by Gasteiger charge is 2.11. The molecule has 0 spiro atoms. The zero-order valence-electron chi connectivity index (χ0n) is 11.0. The van der Waals surface area contributed by atoms with Crippen LogP contribution in [-0.2, 0) is 0 Å². The summed E-state index contributed by atoms with van der Waals surface area (Å²) in [6.45, 7) is 0. The van der Waals surface area contributed by atoms with E-state index in [4.69, 9.17) is 23.2 Å². The fourth-order valence-corrected chi connectivity index (χ4v) is 2.28. The molecule has 0 radical (unpaired) electrons. The Morgan fingerprint density at radius 3 is 2.68 bits per heavy atom. The van der Waals surface area contributed by atoms with Crippen molar-refractivity contribution in [3.8, 4) is 11.3 Å². The molecule has 8 heteroatoms. The third-order valence-electron chi connectivity index (χ3n) is 2.87. The van der Waals surface area contributed by atoms with Gasteiger partial charge in [0.1, 0.15) is 5.69 Å². The molecular weight excluding hydrogens is 325 g/mol. The summed E-state index contributed by atoms with van der Waals surface area (Å²) in [6, 6.07) is 8.39. The quantitative estimate of drug-likeness (QED) is 0.692. The predicted octanol–water partition coefficient (Wildman–Crippen LogP) is 4.49. The molecule has 0 aliphatic heterocycles. The summed E-state index contributed by atoms with van der Waals surface area (Å²) in [5, 5.41) is 14.1. The summed E-state index contributed by atoms with van der Waals surface area (Å²) in [5.74, 6) is 0. The lowest BCUT2D eigenvalue weighted by atomic mass is 10.2. The highest BCUT2D eigenvalue weighted by atomic mass is 35.5. The molecule has 3 aromatic rings. The smallest absolute Gasteiger partial charge is 0.292 e. The molecule has 0 aliphatic carbocycles. The van der Waals surface area contributed by atoms with Crippen LogP contribution in [0.1, 0.15) is 0 Å². The maximum atomic E-state index is 11.9. The molecule has 110 valence electrons. The van der Waals surface area contributed by atoms with Crippen LogP contribution >= 0.6 is 23.2 Å². The highest BCUT2D eigenvalue weighted by molar-refractivity contribution is 6.36. The number of H-pyrrole nitrogens is 2. The number of rotatable bonds is 3. The molecule has 2 heterocycles. The molecule has 0 amide bonds. The second-order valence-corrected chi connectivity index (χ2v) is 5.18. The van der Waals surface area contributed by atoms with Crippen LogP contribution in [0, 0.1) is 0 Å². The van der Waals surface area contributed by atoms with Crippen LogP contribution in [-0.4, -0.2) is 15.2 Å². The van der Waals surface area contributed by atoms with Crippen molar-refractivity contribution in [1.29, 1.82) is 0 Å². The Hall–Kier alpha value is -2.44. The molecule has 0 bridgehead atoms. The standard InChI is InChI=1S/C14H9Cl2N5O/c15-9-3-4-11(10(16)6-9)18-20-13-12(19-21-14(13)22)8-2-1-5-17-7-8/h1-7H,(H2,19,21,22). The van der Waals surface area contributed by atoms with Crippen molar-refractivity contribution in [2.24, 2.45) is 10.2 Å². The summed E-state index contributed by atoms with van der Waals surface area (Å²) in [7, 11) is 0. The van der Waals surface area contributed by atoms with Crippen molar-refractivity contribution < 1.29 is 0 Å². The average Bonchev–Trinajstić information content (AvgIpc) is 2.88. The SMILES string of the molecule is O=c1[nH][nH]c(-c2cccnc2)c1N=Nc1ccc(Cl)cc1Cl. The van der Waals surface area contributed by atoms with Gasteiger partial charge in [0.2, 0.25) is 0 Å². The van der Waals surface area contributed by atoms with E-state index in [-0.39, 0.29) is 11.2 Å². The van der Waals surface area contributed by atoms with Gasteiger partial charge in [-0.25, -0.2) is 0 Å². The first kappa shape index (κ1) is 14.5. The molecular formula is C14H9Cl2N5O. The number of azo groups is 1. The third kappa shape index (κ3) is 2.93. The van der Waals surface area contributed by atoms with E-state index in [0.717, 1.165) is 5.56 Å². The first-order valence-corrected chi connectivity index (χ1v) is 6.98. The summed E-state index contributed by atoms with van der Waals surface area (Å²) in [5.41, 5.74) is 1.42. The topological polar surface area (TPSA) is 86.3 Å². The van der Waals surface area contributed by atoms with E-state index < -0.39 is 0 Å². The van der Waals surface area contributed by atoms with Gasteiger partial charge in [0, 0.05) is 23.0 Å². The maximum Gasteiger partial charge on any atom is 0.292 e. The second kappa shape index (κ2) is 6.13. The Morgan fingerprint density at radius 1 is 1.09 bits per heavy atom. The number of nitrogens with one attached hydrogen (secondary N) is 2. The lowest BCUT2D eigenvalue weighted by Gasteiger charge is -1.98. The van der Waals surface area contributed by atoms with Gasteiger partial charge in [-0.05, 0) is 30.3 Å². The van der Waals surface area contributed by atoms with Gasteiger partial charge in [-0.3, -0.25) is 20.0 Å². The summed E-state index contributed by atoms with van der Waals surface area (Å²) in [4.78, 5) is 15.9. The van der Waals surface area contributed by atoms with Crippen LogP contribution in [0.3, 0.4) is 0 Å². The minimum Gasteiger partial charge on any atom is -0.295 e. The first-order chi connectivity index (χ1) is 10.6. The van der Waals surface area contributed by atoms with E-state index in [1.54, 1.807) is 42.7 Å². The van der Waals surface area contributed by atoms with Crippen LogP contribution in [0.5, 0.6) is 0 Å². The van der Waals surface area contributed by atoms with E-state index in [1.165, 1.54) is 0 Å². The number of hydrogen-bond acceptors (Lipinski definition) is 4. The molecule has 0 aliphatic rings. The summed E-state index contributed by atoms with van der Waals surface area (Å²) in [6.07, 6.45) is 3.26. The molecule has 0 saturated carbocycles. The predicted molar refractivity (Wildman–Crippen MR) is 85.3 cm³/mol. The van der Waals surface area contributed by atoms with Crippen LogP contribution in [0.15, 0.2) is 57.7 Å². The number of pyridine rings is 1. The molecule has 3 rings (SSSR count). The second-order valence-electron chi connectivity index (χ2n) is 4.34. The van der Waals surface area contributed by atoms with Crippen molar-refractivity contribution in [2.75, 3.05) is 0 Å². The zero-order chi connectivity index (χ0) is 15.5. The monoisotopic (exact) mass is 333 g/mol. The zero-order valence-corrected chi connectivity index (χ0v) is 12.6. The van der Waals surface area contributed by atoms with Gasteiger partial charge in [-0.2, -0.15) is 0 Å². The molecule has 6 nitrogen and oxygen atoms in total. The van der Waals surface area contributed by atoms with E-state index in [2.05, 4.69) is 25.4 Å². The van der Waals surface area contributed by atoms with Crippen LogP contribution in [0.4, 0.5) is 11.4 Å². The van der Waals surface area contributed by atoms with Crippen LogP contribution in [0.25, 0.3) is 11.3 Å².